The molecule has 1 aromatic rings. The minimum absolute atomic E-state index is 0.0801. The molecule has 31 heavy (non-hydrogen) atoms. The Balaban J connectivity index is 1.93. The standard InChI is InChI=1S/C20H26N2O7S2/c1-12-8-15-19(25)22(20(26)29-5-7-31-30-6-4-23)14-10-17(28-3)16(27-2)9-13(14)18(24)21(15)11-12/h9-10,15,19,23,25H,1,4-8,11H2,2-3H3/t15-,19?/m0/s1. The van der Waals surface area contributed by atoms with E-state index in [0.717, 1.165) is 10.5 Å². The van der Waals surface area contributed by atoms with E-state index in [4.69, 9.17) is 19.3 Å². The van der Waals surface area contributed by atoms with Gasteiger partial charge in [0.2, 0.25) is 0 Å². The quantitative estimate of drug-likeness (QED) is 0.335. The second-order valence-corrected chi connectivity index (χ2v) is 9.65. The van der Waals surface area contributed by atoms with Crippen molar-refractivity contribution in [3.8, 4) is 11.5 Å². The molecule has 2 aliphatic heterocycles. The van der Waals surface area contributed by atoms with Crippen LogP contribution in [-0.4, -0.2) is 84.9 Å². The number of aliphatic hydroxyl groups is 2. The first kappa shape index (κ1) is 23.6. The van der Waals surface area contributed by atoms with Gasteiger partial charge in [-0.3, -0.25) is 4.79 Å². The third-order valence-electron chi connectivity index (χ3n) is 5.00. The van der Waals surface area contributed by atoms with Crippen molar-refractivity contribution in [2.75, 3.05) is 50.4 Å². The van der Waals surface area contributed by atoms with Crippen LogP contribution >= 0.6 is 21.6 Å². The third-order valence-corrected chi connectivity index (χ3v) is 7.35. The maximum absolute atomic E-state index is 13.3. The number of fused-ring (bicyclic) bond motifs is 2. The number of methoxy groups -OCH3 is 2. The molecular formula is C20H26N2O7S2. The van der Waals surface area contributed by atoms with Gasteiger partial charge < -0.3 is 29.3 Å². The van der Waals surface area contributed by atoms with Gasteiger partial charge in [-0.1, -0.05) is 33.7 Å². The van der Waals surface area contributed by atoms with Crippen LogP contribution < -0.4 is 14.4 Å². The second-order valence-electron chi connectivity index (χ2n) is 6.94. The highest BCUT2D eigenvalue weighted by atomic mass is 33.1. The molecule has 1 saturated heterocycles. The van der Waals surface area contributed by atoms with Crippen LogP contribution in [0.5, 0.6) is 11.5 Å². The van der Waals surface area contributed by atoms with Crippen molar-refractivity contribution < 1.29 is 34.0 Å². The molecule has 2 atom stereocenters. The van der Waals surface area contributed by atoms with E-state index in [-0.39, 0.29) is 30.4 Å². The minimum atomic E-state index is -1.31. The summed E-state index contributed by atoms with van der Waals surface area (Å²) in [5, 5.41) is 19.9. The van der Waals surface area contributed by atoms with Crippen molar-refractivity contribution in [2.45, 2.75) is 18.7 Å². The summed E-state index contributed by atoms with van der Waals surface area (Å²) in [6.07, 6.45) is -1.69. The van der Waals surface area contributed by atoms with Gasteiger partial charge in [-0.15, -0.1) is 0 Å². The number of carbonyl (C=O) groups is 2. The molecule has 9 nitrogen and oxygen atoms in total. The molecule has 11 heteroatoms. The number of amides is 2. The van der Waals surface area contributed by atoms with Crippen LogP contribution in [0.25, 0.3) is 0 Å². The first-order chi connectivity index (χ1) is 14.9. The number of rotatable bonds is 8. The van der Waals surface area contributed by atoms with Crippen molar-refractivity contribution >= 4 is 39.3 Å². The van der Waals surface area contributed by atoms with E-state index in [1.165, 1.54) is 52.8 Å². The summed E-state index contributed by atoms with van der Waals surface area (Å²) in [6, 6.07) is 2.37. The number of carbonyl (C=O) groups excluding carboxylic acids is 2. The van der Waals surface area contributed by atoms with Gasteiger partial charge in [0.1, 0.15) is 6.61 Å². The molecule has 2 N–H and O–H groups in total. The number of hydrogen-bond acceptors (Lipinski definition) is 9. The molecule has 0 aromatic heterocycles. The van der Waals surface area contributed by atoms with E-state index in [1.54, 1.807) is 0 Å². The van der Waals surface area contributed by atoms with Gasteiger partial charge in [0.25, 0.3) is 5.91 Å². The highest BCUT2D eigenvalue weighted by Crippen LogP contribution is 2.41. The lowest BCUT2D eigenvalue weighted by Gasteiger charge is -2.31. The average molecular weight is 471 g/mol. The van der Waals surface area contributed by atoms with E-state index >= 15 is 0 Å². The second kappa shape index (κ2) is 10.5. The molecule has 2 amide bonds. The molecule has 0 spiro atoms. The van der Waals surface area contributed by atoms with Crippen LogP contribution in [-0.2, 0) is 4.74 Å². The SMILES string of the molecule is C=C1C[C@H]2C(O)N(C(=O)OCCSSCCO)c3cc(OC)c(OC)cc3C(=O)N2C1. The van der Waals surface area contributed by atoms with Gasteiger partial charge in [0.05, 0.1) is 38.1 Å². The minimum Gasteiger partial charge on any atom is -0.493 e. The Labute approximate surface area is 188 Å². The number of benzene rings is 1. The third kappa shape index (κ3) is 4.89. The molecule has 3 rings (SSSR count). The molecule has 2 heterocycles. The largest absolute Gasteiger partial charge is 0.493 e. The Kier molecular flexibility index (Phi) is 7.98. The Morgan fingerprint density at radius 1 is 1.23 bits per heavy atom. The maximum Gasteiger partial charge on any atom is 0.416 e. The van der Waals surface area contributed by atoms with Crippen molar-refractivity contribution in [1.29, 1.82) is 0 Å². The summed E-state index contributed by atoms with van der Waals surface area (Å²) in [5.74, 6) is 1.43. The van der Waals surface area contributed by atoms with Gasteiger partial charge in [0.15, 0.2) is 17.7 Å². The monoisotopic (exact) mass is 470 g/mol. The molecule has 2 aliphatic rings. The predicted molar refractivity (Wildman–Crippen MR) is 120 cm³/mol. The summed E-state index contributed by atoms with van der Waals surface area (Å²) in [7, 11) is 5.86. The topological polar surface area (TPSA) is 109 Å². The Morgan fingerprint density at radius 2 is 1.90 bits per heavy atom. The lowest BCUT2D eigenvalue weighted by atomic mass is 10.1. The van der Waals surface area contributed by atoms with Crippen LogP contribution in [0.1, 0.15) is 16.8 Å². The zero-order valence-corrected chi connectivity index (χ0v) is 19.0. The highest BCUT2D eigenvalue weighted by Gasteiger charge is 2.46. The molecular weight excluding hydrogens is 444 g/mol. The number of anilines is 1. The summed E-state index contributed by atoms with van der Waals surface area (Å²) < 4.78 is 16.1. The maximum atomic E-state index is 13.3. The van der Waals surface area contributed by atoms with E-state index in [0.29, 0.717) is 36.0 Å². The highest BCUT2D eigenvalue weighted by molar-refractivity contribution is 8.76. The summed E-state index contributed by atoms with van der Waals surface area (Å²) in [4.78, 5) is 28.9. The van der Waals surface area contributed by atoms with Crippen LogP contribution in [0, 0.1) is 0 Å². The lowest BCUT2D eigenvalue weighted by molar-refractivity contribution is 0.0493. The fraction of sp³-hybridized carbons (Fsp3) is 0.500. The number of ether oxygens (including phenoxy) is 3. The molecule has 1 unspecified atom stereocenters. The molecule has 1 fully saturated rings. The van der Waals surface area contributed by atoms with E-state index in [1.807, 2.05) is 0 Å². The number of aliphatic hydroxyl groups excluding tert-OH is 2. The van der Waals surface area contributed by atoms with Gasteiger partial charge in [-0.05, 0) is 12.5 Å². The molecule has 1 aromatic carbocycles. The molecule has 0 radical (unpaired) electrons. The van der Waals surface area contributed by atoms with E-state index in [9.17, 15) is 14.7 Å². The van der Waals surface area contributed by atoms with Gasteiger partial charge >= 0.3 is 6.09 Å². The van der Waals surface area contributed by atoms with Crippen molar-refractivity contribution in [1.82, 2.24) is 4.90 Å². The number of nitrogens with zero attached hydrogens (tertiary/aromatic N) is 2. The fourth-order valence-corrected chi connectivity index (χ4v) is 5.22. The van der Waals surface area contributed by atoms with Crippen LogP contribution in [0.4, 0.5) is 10.5 Å². The Hall–Kier alpha value is -2.08. The van der Waals surface area contributed by atoms with E-state index in [2.05, 4.69) is 6.58 Å². The normalized spacial score (nSPS) is 20.3. The average Bonchev–Trinajstić information content (AvgIpc) is 3.13. The Morgan fingerprint density at radius 3 is 2.58 bits per heavy atom. The van der Waals surface area contributed by atoms with Crippen molar-refractivity contribution in [3.05, 3.63) is 29.8 Å². The smallest absolute Gasteiger partial charge is 0.416 e. The zero-order valence-electron chi connectivity index (χ0n) is 17.4. The Bertz CT molecular complexity index is 851. The molecule has 170 valence electrons. The number of hydrogen-bond donors (Lipinski definition) is 2. The van der Waals surface area contributed by atoms with Crippen LogP contribution in [0.2, 0.25) is 0 Å². The fourth-order valence-electron chi connectivity index (χ4n) is 3.62. The molecule has 0 bridgehead atoms. The first-order valence-electron chi connectivity index (χ1n) is 9.65. The zero-order chi connectivity index (χ0) is 22.5. The molecule has 0 aliphatic carbocycles. The summed E-state index contributed by atoms with van der Waals surface area (Å²) in [5.41, 5.74) is 1.20. The van der Waals surface area contributed by atoms with Crippen LogP contribution in [0.15, 0.2) is 24.3 Å². The van der Waals surface area contributed by atoms with Crippen molar-refractivity contribution in [3.63, 3.8) is 0 Å². The van der Waals surface area contributed by atoms with Gasteiger partial charge in [-0.25, -0.2) is 9.69 Å². The molecule has 0 saturated carbocycles. The van der Waals surface area contributed by atoms with Gasteiger partial charge in [-0.2, -0.15) is 0 Å². The van der Waals surface area contributed by atoms with Crippen molar-refractivity contribution in [2.24, 2.45) is 0 Å². The van der Waals surface area contributed by atoms with Crippen LogP contribution in [0.3, 0.4) is 0 Å². The first-order valence-corrected chi connectivity index (χ1v) is 12.1. The predicted octanol–water partition coefficient (Wildman–Crippen LogP) is 2.12. The van der Waals surface area contributed by atoms with Gasteiger partial charge in [0, 0.05) is 24.1 Å². The van der Waals surface area contributed by atoms with E-state index < -0.39 is 18.4 Å². The summed E-state index contributed by atoms with van der Waals surface area (Å²) >= 11 is 0. The lowest BCUT2D eigenvalue weighted by Crippen LogP contribution is -2.51. The summed E-state index contributed by atoms with van der Waals surface area (Å²) in [6.45, 7) is 4.44.